The molecule has 0 saturated heterocycles. The molecule has 0 aliphatic carbocycles. The van der Waals surface area contributed by atoms with Crippen LogP contribution < -0.4 is 26.2 Å². The number of ether oxygens (including phenoxy) is 1. The molecule has 1 aliphatic rings. The van der Waals surface area contributed by atoms with Crippen LogP contribution in [0.2, 0.25) is 0 Å². The summed E-state index contributed by atoms with van der Waals surface area (Å²) >= 11 is 0. The molecule has 0 fully saturated rings. The van der Waals surface area contributed by atoms with Crippen molar-refractivity contribution in [2.75, 3.05) is 17.1 Å². The van der Waals surface area contributed by atoms with Crippen molar-refractivity contribution in [3.05, 3.63) is 60.0 Å². The van der Waals surface area contributed by atoms with Gasteiger partial charge in [-0.2, -0.15) is 8.42 Å². The Kier molecular flexibility index (Phi) is 6.70. The first-order chi connectivity index (χ1) is 15.5. The minimum atomic E-state index is -3.89. The Hall–Kier alpha value is -3.84. The quantitative estimate of drug-likeness (QED) is 0.385. The van der Waals surface area contributed by atoms with E-state index in [9.17, 15) is 13.2 Å². The molecular formula is C20H23ClN8O4S. The number of aromatic nitrogens is 3. The molecule has 1 aliphatic heterocycles. The van der Waals surface area contributed by atoms with Gasteiger partial charge in [0, 0.05) is 24.2 Å². The number of nitrogen functional groups attached to an aromatic ring is 1. The molecule has 0 spiro atoms. The Balaban J connectivity index is 0.00000324. The van der Waals surface area contributed by atoms with Gasteiger partial charge in [-0.1, -0.05) is 6.07 Å². The first-order valence-electron chi connectivity index (χ1n) is 9.77. The van der Waals surface area contributed by atoms with E-state index in [1.807, 2.05) is 0 Å². The maximum Gasteiger partial charge on any atom is 0.344 e. The van der Waals surface area contributed by atoms with Gasteiger partial charge in [-0.15, -0.1) is 16.8 Å². The first kappa shape index (κ1) is 24.8. The first-order valence-corrected chi connectivity index (χ1v) is 11.2. The lowest BCUT2D eigenvalue weighted by molar-refractivity contribution is 0.0880. The van der Waals surface area contributed by atoms with Crippen LogP contribution in [-0.4, -0.2) is 46.8 Å². The second-order valence-corrected chi connectivity index (χ2v) is 9.25. The Morgan fingerprint density at radius 2 is 1.97 bits per heavy atom. The van der Waals surface area contributed by atoms with Crippen LogP contribution in [0.5, 0.6) is 5.75 Å². The summed E-state index contributed by atoms with van der Waals surface area (Å²) < 4.78 is 36.7. The summed E-state index contributed by atoms with van der Waals surface area (Å²) in [5.74, 6) is 0.532. The van der Waals surface area contributed by atoms with E-state index in [4.69, 9.17) is 16.2 Å². The van der Waals surface area contributed by atoms with Gasteiger partial charge in [-0.05, 0) is 38.1 Å². The molecular weight excluding hydrogens is 484 g/mol. The third kappa shape index (κ3) is 5.21. The van der Waals surface area contributed by atoms with Crippen molar-refractivity contribution in [1.82, 2.24) is 19.9 Å². The van der Waals surface area contributed by atoms with Gasteiger partial charge in [0.25, 0.3) is 5.91 Å². The van der Waals surface area contributed by atoms with Gasteiger partial charge in [0.1, 0.15) is 18.2 Å². The van der Waals surface area contributed by atoms with Crippen molar-refractivity contribution in [2.45, 2.75) is 19.4 Å². The minimum Gasteiger partial charge on any atom is -0.490 e. The number of fused-ring (bicyclic) bond motifs is 1. The maximum absolute atomic E-state index is 12.9. The monoisotopic (exact) mass is 506 g/mol. The van der Waals surface area contributed by atoms with Crippen molar-refractivity contribution >= 4 is 46.0 Å². The zero-order valence-corrected chi connectivity index (χ0v) is 19.9. The molecule has 0 radical (unpaired) electrons. The van der Waals surface area contributed by atoms with Gasteiger partial charge < -0.3 is 21.5 Å². The lowest BCUT2D eigenvalue weighted by atomic mass is 10.1. The Bertz CT molecular complexity index is 1370. The van der Waals surface area contributed by atoms with Crippen LogP contribution in [0, 0.1) is 0 Å². The van der Waals surface area contributed by atoms with Crippen LogP contribution in [0.1, 0.15) is 29.8 Å². The van der Waals surface area contributed by atoms with Gasteiger partial charge in [0.15, 0.2) is 5.84 Å². The fourth-order valence-electron chi connectivity index (χ4n) is 3.21. The number of benzene rings is 1. The molecule has 0 saturated carbocycles. The molecule has 180 valence electrons. The average molecular weight is 507 g/mol. The fraction of sp³-hybridized carbons (Fsp3) is 0.200. The number of imidazole rings is 1. The average Bonchev–Trinajstić information content (AvgIpc) is 3.17. The number of hydrogen-bond acceptors (Lipinski definition) is 8. The number of carbonyl (C=O) groups is 1. The summed E-state index contributed by atoms with van der Waals surface area (Å²) in [4.78, 5) is 21.0. The molecule has 3 aromatic rings. The molecule has 1 amide bonds. The molecule has 14 heteroatoms. The topological polar surface area (TPSA) is 180 Å². The highest BCUT2D eigenvalue weighted by molar-refractivity contribution is 7.91. The summed E-state index contributed by atoms with van der Waals surface area (Å²) in [7, 11) is -3.89. The molecule has 4 rings (SSSR count). The Labute approximate surface area is 202 Å². The summed E-state index contributed by atoms with van der Waals surface area (Å²) in [5, 5.41) is 2.91. The largest absolute Gasteiger partial charge is 0.490 e. The van der Waals surface area contributed by atoms with E-state index >= 15 is 0 Å². The van der Waals surface area contributed by atoms with Crippen molar-refractivity contribution in [1.29, 1.82) is 0 Å². The standard InChI is InChI=1S/C20H22N8O4S.ClH/c1-20(2,11-32-14-5-3-4-13-16(14)17(21)27-33(30,31)26-13)25-18(29)12-6-7-23-15(10-12)28-9-8-24-19(28)22;/h3-10,26H,11H2,1-2H3,(H2,21,27)(H2,22,24)(H,25,29);1H. The van der Waals surface area contributed by atoms with Crippen LogP contribution in [0.4, 0.5) is 11.6 Å². The van der Waals surface area contributed by atoms with Crippen LogP contribution >= 0.6 is 12.4 Å². The van der Waals surface area contributed by atoms with Crippen molar-refractivity contribution in [3.8, 4) is 11.6 Å². The van der Waals surface area contributed by atoms with Crippen molar-refractivity contribution < 1.29 is 17.9 Å². The number of anilines is 2. The minimum absolute atomic E-state index is 0. The van der Waals surface area contributed by atoms with Crippen LogP contribution in [0.15, 0.2) is 53.3 Å². The number of nitrogens with two attached hydrogens (primary N) is 2. The molecule has 1 aromatic carbocycles. The molecule has 0 bridgehead atoms. The van der Waals surface area contributed by atoms with Gasteiger partial charge in [-0.3, -0.25) is 14.1 Å². The normalized spacial score (nSPS) is 14.1. The number of hydrogen-bond donors (Lipinski definition) is 4. The summed E-state index contributed by atoms with van der Waals surface area (Å²) in [6.07, 6.45) is 4.69. The van der Waals surface area contributed by atoms with Gasteiger partial charge >= 0.3 is 10.2 Å². The molecule has 6 N–H and O–H groups in total. The summed E-state index contributed by atoms with van der Waals surface area (Å²) in [6.45, 7) is 3.65. The van der Waals surface area contributed by atoms with E-state index in [2.05, 4.69) is 24.4 Å². The van der Waals surface area contributed by atoms with E-state index in [0.29, 0.717) is 22.7 Å². The molecule has 12 nitrogen and oxygen atoms in total. The van der Waals surface area contributed by atoms with Gasteiger partial charge in [0.2, 0.25) is 5.95 Å². The highest BCUT2D eigenvalue weighted by Crippen LogP contribution is 2.30. The van der Waals surface area contributed by atoms with E-state index in [1.54, 1.807) is 54.9 Å². The predicted molar refractivity (Wildman–Crippen MR) is 130 cm³/mol. The molecule has 3 heterocycles. The summed E-state index contributed by atoms with van der Waals surface area (Å²) in [6, 6.07) is 8.01. The molecule has 0 atom stereocenters. The van der Waals surface area contributed by atoms with Crippen LogP contribution in [-0.2, 0) is 10.2 Å². The van der Waals surface area contributed by atoms with E-state index < -0.39 is 15.7 Å². The second-order valence-electron chi connectivity index (χ2n) is 7.92. The predicted octanol–water partition coefficient (Wildman–Crippen LogP) is 1.23. The third-order valence-electron chi connectivity index (χ3n) is 4.70. The van der Waals surface area contributed by atoms with E-state index in [0.717, 1.165) is 0 Å². The number of pyridine rings is 1. The maximum atomic E-state index is 12.9. The SMILES string of the molecule is CC(C)(COc1cccc2c1C(N)=NS(=O)(=O)N2)NC(=O)c1ccnc(-n2ccnc2N)c1.Cl. The highest BCUT2D eigenvalue weighted by Gasteiger charge is 2.27. The van der Waals surface area contributed by atoms with Crippen molar-refractivity contribution in [3.63, 3.8) is 0 Å². The van der Waals surface area contributed by atoms with Gasteiger partial charge in [-0.25, -0.2) is 9.97 Å². The lowest BCUT2D eigenvalue weighted by Crippen LogP contribution is -2.48. The third-order valence-corrected chi connectivity index (χ3v) is 5.62. The Morgan fingerprint density at radius 1 is 1.21 bits per heavy atom. The molecule has 2 aromatic heterocycles. The molecule has 34 heavy (non-hydrogen) atoms. The van der Waals surface area contributed by atoms with Crippen LogP contribution in [0.25, 0.3) is 5.82 Å². The number of carbonyl (C=O) groups excluding carboxylic acids is 1. The number of amidine groups is 1. The lowest BCUT2D eigenvalue weighted by Gasteiger charge is -2.27. The molecule has 0 unspecified atom stereocenters. The highest BCUT2D eigenvalue weighted by atomic mass is 35.5. The fourth-order valence-corrected chi connectivity index (χ4v) is 4.06. The number of nitrogens with one attached hydrogen (secondary N) is 2. The number of halogens is 1. The number of nitrogens with zero attached hydrogens (tertiary/aromatic N) is 4. The van der Waals surface area contributed by atoms with Crippen molar-refractivity contribution in [2.24, 2.45) is 10.1 Å². The van der Waals surface area contributed by atoms with E-state index in [-0.39, 0.29) is 42.4 Å². The van der Waals surface area contributed by atoms with E-state index in [1.165, 1.54) is 12.4 Å². The number of amides is 1. The zero-order chi connectivity index (χ0) is 23.8. The Morgan fingerprint density at radius 3 is 2.68 bits per heavy atom. The smallest absolute Gasteiger partial charge is 0.344 e. The number of rotatable bonds is 6. The van der Waals surface area contributed by atoms with Gasteiger partial charge in [0.05, 0.1) is 16.8 Å². The zero-order valence-electron chi connectivity index (χ0n) is 18.2. The van der Waals surface area contributed by atoms with Crippen LogP contribution in [0.3, 0.4) is 0 Å². The second kappa shape index (κ2) is 9.19. The summed E-state index contributed by atoms with van der Waals surface area (Å²) in [5.41, 5.74) is 11.8.